The lowest BCUT2D eigenvalue weighted by molar-refractivity contribution is 0.200. The van der Waals surface area contributed by atoms with Gasteiger partial charge in [0.05, 0.1) is 11.8 Å². The second kappa shape index (κ2) is 5.35. The van der Waals surface area contributed by atoms with E-state index in [2.05, 4.69) is 17.1 Å². The van der Waals surface area contributed by atoms with Crippen LogP contribution >= 0.6 is 0 Å². The van der Waals surface area contributed by atoms with Crippen molar-refractivity contribution < 1.29 is 5.11 Å². The molecular weight excluding hydrogens is 246 g/mol. The number of aliphatic hydroxyl groups excluding tert-OH is 1. The summed E-state index contributed by atoms with van der Waals surface area (Å²) >= 11 is 0. The first kappa shape index (κ1) is 12.7. The molecule has 1 aromatic heterocycles. The highest BCUT2D eigenvalue weighted by atomic mass is 16.3. The molecule has 2 aromatic carbocycles. The first-order valence-corrected chi connectivity index (χ1v) is 6.77. The molecular formula is C18H17NO. The standard InChI is InChI=1S/C18H17NO/c1-13(20)16-12-17(14-8-4-2-5-9-14)19-18(16)15-10-6-3-7-11-15/h2-13,19-20H,1H3. The van der Waals surface area contributed by atoms with Crippen molar-refractivity contribution in [3.05, 3.63) is 72.3 Å². The van der Waals surface area contributed by atoms with E-state index in [-0.39, 0.29) is 0 Å². The molecule has 3 rings (SSSR count). The molecule has 0 aliphatic carbocycles. The van der Waals surface area contributed by atoms with Crippen molar-refractivity contribution >= 4 is 0 Å². The summed E-state index contributed by atoms with van der Waals surface area (Å²) in [7, 11) is 0. The number of hydrogen-bond donors (Lipinski definition) is 2. The molecule has 20 heavy (non-hydrogen) atoms. The van der Waals surface area contributed by atoms with Gasteiger partial charge < -0.3 is 10.1 Å². The predicted octanol–water partition coefficient (Wildman–Crippen LogP) is 4.40. The van der Waals surface area contributed by atoms with Gasteiger partial charge >= 0.3 is 0 Å². The zero-order valence-electron chi connectivity index (χ0n) is 11.4. The van der Waals surface area contributed by atoms with Gasteiger partial charge in [-0.2, -0.15) is 0 Å². The summed E-state index contributed by atoms with van der Waals surface area (Å²) in [5.41, 5.74) is 5.15. The van der Waals surface area contributed by atoms with Crippen LogP contribution < -0.4 is 0 Å². The van der Waals surface area contributed by atoms with E-state index in [4.69, 9.17) is 0 Å². The van der Waals surface area contributed by atoms with Gasteiger partial charge in [-0.05, 0) is 24.1 Å². The summed E-state index contributed by atoms with van der Waals surface area (Å²) in [6, 6.07) is 22.3. The van der Waals surface area contributed by atoms with Crippen LogP contribution in [0.2, 0.25) is 0 Å². The number of aliphatic hydroxyl groups is 1. The number of rotatable bonds is 3. The average molecular weight is 263 g/mol. The Morgan fingerprint density at radius 1 is 0.850 bits per heavy atom. The van der Waals surface area contributed by atoms with Crippen LogP contribution in [0.25, 0.3) is 22.5 Å². The number of aromatic amines is 1. The van der Waals surface area contributed by atoms with Crippen LogP contribution in [-0.2, 0) is 0 Å². The van der Waals surface area contributed by atoms with Crippen molar-refractivity contribution in [1.29, 1.82) is 0 Å². The SMILES string of the molecule is CC(O)c1cc(-c2ccccc2)[nH]c1-c1ccccc1. The Labute approximate surface area is 118 Å². The maximum atomic E-state index is 10.0. The van der Waals surface area contributed by atoms with E-state index in [0.29, 0.717) is 0 Å². The third kappa shape index (κ3) is 2.38. The highest BCUT2D eigenvalue weighted by Gasteiger charge is 2.14. The molecule has 1 unspecified atom stereocenters. The quantitative estimate of drug-likeness (QED) is 0.721. The van der Waals surface area contributed by atoms with E-state index >= 15 is 0 Å². The molecule has 0 amide bonds. The van der Waals surface area contributed by atoms with Crippen LogP contribution in [0.1, 0.15) is 18.6 Å². The van der Waals surface area contributed by atoms with E-state index in [9.17, 15) is 5.11 Å². The highest BCUT2D eigenvalue weighted by Crippen LogP contribution is 2.32. The number of nitrogens with one attached hydrogen (secondary N) is 1. The van der Waals surface area contributed by atoms with E-state index in [1.54, 1.807) is 6.92 Å². The van der Waals surface area contributed by atoms with E-state index < -0.39 is 6.10 Å². The molecule has 0 fully saturated rings. The maximum Gasteiger partial charge on any atom is 0.0783 e. The van der Waals surface area contributed by atoms with Gasteiger partial charge in [0, 0.05) is 11.3 Å². The molecule has 0 spiro atoms. The van der Waals surface area contributed by atoms with E-state index in [1.165, 1.54) is 0 Å². The van der Waals surface area contributed by atoms with Crippen molar-refractivity contribution in [3.63, 3.8) is 0 Å². The summed E-state index contributed by atoms with van der Waals surface area (Å²) in [6.07, 6.45) is -0.501. The van der Waals surface area contributed by atoms with Gasteiger partial charge in [0.15, 0.2) is 0 Å². The van der Waals surface area contributed by atoms with Gasteiger partial charge in [0.25, 0.3) is 0 Å². The lowest BCUT2D eigenvalue weighted by Crippen LogP contribution is -1.91. The Bertz CT molecular complexity index is 684. The molecule has 3 aromatic rings. The molecule has 0 radical (unpaired) electrons. The van der Waals surface area contributed by atoms with Crippen LogP contribution in [0.5, 0.6) is 0 Å². The van der Waals surface area contributed by atoms with Crippen LogP contribution in [0.3, 0.4) is 0 Å². The Kier molecular flexibility index (Phi) is 3.40. The Balaban J connectivity index is 2.13. The van der Waals surface area contributed by atoms with Crippen LogP contribution in [0.4, 0.5) is 0 Å². The van der Waals surface area contributed by atoms with Crippen molar-refractivity contribution in [2.75, 3.05) is 0 Å². The topological polar surface area (TPSA) is 36.0 Å². The number of aromatic nitrogens is 1. The molecule has 0 bridgehead atoms. The molecule has 2 nitrogen and oxygen atoms in total. The minimum Gasteiger partial charge on any atom is -0.389 e. The number of benzene rings is 2. The second-order valence-electron chi connectivity index (χ2n) is 4.92. The molecule has 2 heteroatoms. The minimum absolute atomic E-state index is 0.501. The first-order valence-electron chi connectivity index (χ1n) is 6.77. The fraction of sp³-hybridized carbons (Fsp3) is 0.111. The van der Waals surface area contributed by atoms with Gasteiger partial charge in [-0.25, -0.2) is 0 Å². The Morgan fingerprint density at radius 3 is 1.95 bits per heavy atom. The van der Waals surface area contributed by atoms with Gasteiger partial charge in [-0.3, -0.25) is 0 Å². The smallest absolute Gasteiger partial charge is 0.0783 e. The lowest BCUT2D eigenvalue weighted by atomic mass is 10.0. The molecule has 2 N–H and O–H groups in total. The third-order valence-corrected chi connectivity index (χ3v) is 3.45. The van der Waals surface area contributed by atoms with Crippen molar-refractivity contribution in [2.24, 2.45) is 0 Å². The number of H-pyrrole nitrogens is 1. The minimum atomic E-state index is -0.501. The zero-order valence-corrected chi connectivity index (χ0v) is 11.4. The van der Waals surface area contributed by atoms with Crippen LogP contribution in [-0.4, -0.2) is 10.1 Å². The average Bonchev–Trinajstić information content (AvgIpc) is 2.94. The summed E-state index contributed by atoms with van der Waals surface area (Å²) in [5.74, 6) is 0. The summed E-state index contributed by atoms with van der Waals surface area (Å²) in [4.78, 5) is 3.44. The van der Waals surface area contributed by atoms with Gasteiger partial charge in [0.1, 0.15) is 0 Å². The van der Waals surface area contributed by atoms with Crippen LogP contribution in [0.15, 0.2) is 66.7 Å². The fourth-order valence-electron chi connectivity index (χ4n) is 2.42. The van der Waals surface area contributed by atoms with Gasteiger partial charge in [-0.1, -0.05) is 60.7 Å². The molecule has 1 atom stereocenters. The summed E-state index contributed by atoms with van der Waals surface area (Å²) in [6.45, 7) is 1.80. The normalized spacial score (nSPS) is 12.3. The lowest BCUT2D eigenvalue weighted by Gasteiger charge is -2.06. The maximum absolute atomic E-state index is 10.0. The molecule has 0 saturated carbocycles. The van der Waals surface area contributed by atoms with Crippen molar-refractivity contribution in [1.82, 2.24) is 4.98 Å². The largest absolute Gasteiger partial charge is 0.389 e. The molecule has 0 aliphatic heterocycles. The van der Waals surface area contributed by atoms with E-state index in [0.717, 1.165) is 28.1 Å². The number of hydrogen-bond acceptors (Lipinski definition) is 1. The molecule has 1 heterocycles. The molecule has 0 saturated heterocycles. The zero-order chi connectivity index (χ0) is 13.9. The van der Waals surface area contributed by atoms with E-state index in [1.807, 2.05) is 54.6 Å². The summed E-state index contributed by atoms with van der Waals surface area (Å²) in [5, 5.41) is 10.0. The molecule has 0 aliphatic rings. The van der Waals surface area contributed by atoms with Gasteiger partial charge in [0.2, 0.25) is 0 Å². The first-order chi connectivity index (χ1) is 9.75. The summed E-state index contributed by atoms with van der Waals surface area (Å²) < 4.78 is 0. The highest BCUT2D eigenvalue weighted by molar-refractivity contribution is 5.72. The Hall–Kier alpha value is -2.32. The second-order valence-corrected chi connectivity index (χ2v) is 4.92. The fourth-order valence-corrected chi connectivity index (χ4v) is 2.42. The third-order valence-electron chi connectivity index (χ3n) is 3.45. The van der Waals surface area contributed by atoms with Crippen molar-refractivity contribution in [3.8, 4) is 22.5 Å². The monoisotopic (exact) mass is 263 g/mol. The van der Waals surface area contributed by atoms with Crippen molar-refractivity contribution in [2.45, 2.75) is 13.0 Å². The Morgan fingerprint density at radius 2 is 1.40 bits per heavy atom. The van der Waals surface area contributed by atoms with Gasteiger partial charge in [-0.15, -0.1) is 0 Å². The predicted molar refractivity (Wildman–Crippen MR) is 82.3 cm³/mol. The molecule has 100 valence electrons. The van der Waals surface area contributed by atoms with Crippen LogP contribution in [0, 0.1) is 0 Å².